The minimum absolute atomic E-state index is 0.0529. The van der Waals surface area contributed by atoms with Crippen LogP contribution in [0.15, 0.2) is 53.4 Å². The summed E-state index contributed by atoms with van der Waals surface area (Å²) in [5.74, 6) is 0.376. The smallest absolute Gasteiger partial charge is 0.177 e. The lowest BCUT2D eigenvalue weighted by Crippen LogP contribution is -2.38. The summed E-state index contributed by atoms with van der Waals surface area (Å²) in [7, 11) is -3.26. The summed E-state index contributed by atoms with van der Waals surface area (Å²) < 4.78 is 42.7. The van der Waals surface area contributed by atoms with E-state index in [1.165, 1.54) is 18.4 Å². The molecule has 0 spiro atoms. The largest absolute Gasteiger partial charge is 0.490 e. The van der Waals surface area contributed by atoms with Gasteiger partial charge in [0.05, 0.1) is 10.6 Å². The monoisotopic (exact) mass is 349 g/mol. The minimum atomic E-state index is -3.26. The van der Waals surface area contributed by atoms with Crippen LogP contribution in [-0.2, 0) is 9.84 Å². The van der Waals surface area contributed by atoms with Crippen LogP contribution >= 0.6 is 0 Å². The van der Waals surface area contributed by atoms with E-state index in [0.717, 1.165) is 31.6 Å². The first-order valence-corrected chi connectivity index (χ1v) is 9.79. The Morgan fingerprint density at radius 3 is 2.29 bits per heavy atom. The molecular weight excluding hydrogens is 329 g/mol. The summed E-state index contributed by atoms with van der Waals surface area (Å²) in [5.41, 5.74) is 0.750. The van der Waals surface area contributed by atoms with E-state index < -0.39 is 9.84 Å². The molecule has 1 fully saturated rings. The maximum Gasteiger partial charge on any atom is 0.177 e. The minimum Gasteiger partial charge on any atom is -0.490 e. The van der Waals surface area contributed by atoms with Gasteiger partial charge in [0.25, 0.3) is 0 Å². The molecule has 3 rings (SSSR count). The Balaban J connectivity index is 1.66. The lowest BCUT2D eigenvalue weighted by molar-refractivity contribution is 0.170. The van der Waals surface area contributed by atoms with E-state index in [9.17, 15) is 12.8 Å². The molecule has 2 aromatic rings. The molecule has 0 amide bonds. The number of hydrogen-bond acceptors (Lipinski definition) is 4. The summed E-state index contributed by atoms with van der Waals surface area (Å²) in [6.45, 7) is 1.44. The van der Waals surface area contributed by atoms with Crippen LogP contribution in [0.4, 0.5) is 10.1 Å². The van der Waals surface area contributed by atoms with E-state index in [-0.39, 0.29) is 11.9 Å². The Kier molecular flexibility index (Phi) is 4.76. The van der Waals surface area contributed by atoms with Crippen molar-refractivity contribution in [1.82, 2.24) is 0 Å². The second kappa shape index (κ2) is 6.81. The lowest BCUT2D eigenvalue weighted by Gasteiger charge is -2.34. The Morgan fingerprint density at radius 1 is 1.04 bits per heavy atom. The molecule has 128 valence electrons. The zero-order valence-electron chi connectivity index (χ0n) is 13.5. The standard InChI is InChI=1S/C18H20FNO3S/c1-24(21,22)18-5-3-2-4-17(18)20-12-10-16(11-13-20)23-15-8-6-14(19)7-9-15/h2-9,16H,10-13H2,1H3. The van der Waals surface area contributed by atoms with Crippen molar-refractivity contribution in [3.05, 3.63) is 54.3 Å². The van der Waals surface area contributed by atoms with Gasteiger partial charge in [-0.3, -0.25) is 0 Å². The third kappa shape index (κ3) is 3.87. The number of anilines is 1. The van der Waals surface area contributed by atoms with Crippen LogP contribution in [0.25, 0.3) is 0 Å². The third-order valence-corrected chi connectivity index (χ3v) is 5.31. The lowest BCUT2D eigenvalue weighted by atomic mass is 10.1. The Labute approximate surface area is 141 Å². The van der Waals surface area contributed by atoms with Crippen molar-refractivity contribution < 1.29 is 17.5 Å². The van der Waals surface area contributed by atoms with Gasteiger partial charge in [-0.1, -0.05) is 12.1 Å². The highest BCUT2D eigenvalue weighted by Gasteiger charge is 2.24. The second-order valence-electron chi connectivity index (χ2n) is 6.00. The molecule has 1 heterocycles. The highest BCUT2D eigenvalue weighted by atomic mass is 32.2. The summed E-state index contributed by atoms with van der Waals surface area (Å²) in [6.07, 6.45) is 2.86. The van der Waals surface area contributed by atoms with Crippen molar-refractivity contribution >= 4 is 15.5 Å². The topological polar surface area (TPSA) is 46.6 Å². The molecule has 0 bridgehead atoms. The number of ether oxygens (including phenoxy) is 1. The predicted octanol–water partition coefficient (Wildman–Crippen LogP) is 3.28. The maximum atomic E-state index is 12.9. The Bertz CT molecular complexity index is 797. The first-order valence-electron chi connectivity index (χ1n) is 7.90. The summed E-state index contributed by atoms with van der Waals surface area (Å²) in [4.78, 5) is 2.45. The fourth-order valence-electron chi connectivity index (χ4n) is 2.95. The van der Waals surface area contributed by atoms with Gasteiger partial charge < -0.3 is 9.64 Å². The van der Waals surface area contributed by atoms with E-state index in [0.29, 0.717) is 10.6 Å². The molecule has 1 aliphatic rings. The summed E-state index contributed by atoms with van der Waals surface area (Å²) in [6, 6.07) is 13.1. The molecular formula is C18H20FNO3S. The maximum absolute atomic E-state index is 12.9. The molecule has 0 saturated carbocycles. The number of nitrogens with zero attached hydrogens (tertiary/aromatic N) is 1. The molecule has 6 heteroatoms. The van der Waals surface area contributed by atoms with Crippen molar-refractivity contribution in [2.24, 2.45) is 0 Å². The highest BCUT2D eigenvalue weighted by molar-refractivity contribution is 7.90. The molecule has 2 aromatic carbocycles. The molecule has 0 aliphatic carbocycles. The number of halogens is 1. The predicted molar refractivity (Wildman–Crippen MR) is 91.8 cm³/mol. The molecule has 1 aliphatic heterocycles. The van der Waals surface area contributed by atoms with Gasteiger partial charge in [0.1, 0.15) is 17.7 Å². The number of piperidine rings is 1. The number of benzene rings is 2. The first-order chi connectivity index (χ1) is 11.4. The number of sulfone groups is 1. The van der Waals surface area contributed by atoms with Gasteiger partial charge in [0.15, 0.2) is 9.84 Å². The van der Waals surface area contributed by atoms with Crippen LogP contribution in [0.5, 0.6) is 5.75 Å². The molecule has 0 N–H and O–H groups in total. The highest BCUT2D eigenvalue weighted by Crippen LogP contribution is 2.28. The zero-order chi connectivity index (χ0) is 17.2. The van der Waals surface area contributed by atoms with Crippen molar-refractivity contribution in [2.75, 3.05) is 24.2 Å². The molecule has 0 aromatic heterocycles. The van der Waals surface area contributed by atoms with Crippen molar-refractivity contribution in [3.63, 3.8) is 0 Å². The van der Waals surface area contributed by atoms with Gasteiger partial charge in [-0.25, -0.2) is 12.8 Å². The van der Waals surface area contributed by atoms with Crippen LogP contribution in [0, 0.1) is 5.82 Å². The van der Waals surface area contributed by atoms with E-state index >= 15 is 0 Å². The van der Waals surface area contributed by atoms with Gasteiger partial charge in [-0.15, -0.1) is 0 Å². The van der Waals surface area contributed by atoms with Crippen molar-refractivity contribution in [2.45, 2.75) is 23.8 Å². The molecule has 0 atom stereocenters. The number of hydrogen-bond donors (Lipinski definition) is 0. The number of rotatable bonds is 4. The normalized spacial score (nSPS) is 16.2. The summed E-state index contributed by atoms with van der Waals surface area (Å²) >= 11 is 0. The van der Waals surface area contributed by atoms with Crippen LogP contribution in [0.3, 0.4) is 0 Å². The quantitative estimate of drug-likeness (QED) is 0.850. The summed E-state index contributed by atoms with van der Waals surface area (Å²) in [5, 5.41) is 0. The zero-order valence-corrected chi connectivity index (χ0v) is 14.3. The van der Waals surface area contributed by atoms with Crippen LogP contribution in [0.1, 0.15) is 12.8 Å². The van der Waals surface area contributed by atoms with Crippen molar-refractivity contribution in [3.8, 4) is 5.75 Å². The van der Waals surface area contributed by atoms with E-state index in [4.69, 9.17) is 4.74 Å². The molecule has 24 heavy (non-hydrogen) atoms. The van der Waals surface area contributed by atoms with Crippen LogP contribution in [-0.4, -0.2) is 33.9 Å². The average Bonchev–Trinajstić information content (AvgIpc) is 2.57. The van der Waals surface area contributed by atoms with Crippen LogP contribution < -0.4 is 9.64 Å². The third-order valence-electron chi connectivity index (χ3n) is 4.16. The fraction of sp³-hybridized carbons (Fsp3) is 0.333. The van der Waals surface area contributed by atoms with E-state index in [1.807, 2.05) is 12.1 Å². The Hall–Kier alpha value is -2.08. The second-order valence-corrected chi connectivity index (χ2v) is 7.98. The SMILES string of the molecule is CS(=O)(=O)c1ccccc1N1CCC(Oc2ccc(F)cc2)CC1. The molecule has 4 nitrogen and oxygen atoms in total. The molecule has 1 saturated heterocycles. The van der Waals surface area contributed by atoms with E-state index in [2.05, 4.69) is 4.90 Å². The van der Waals surface area contributed by atoms with E-state index in [1.54, 1.807) is 24.3 Å². The first kappa shape index (κ1) is 16.8. The van der Waals surface area contributed by atoms with Gasteiger partial charge >= 0.3 is 0 Å². The van der Waals surface area contributed by atoms with Gasteiger partial charge in [0, 0.05) is 32.2 Å². The van der Waals surface area contributed by atoms with Gasteiger partial charge in [0.2, 0.25) is 0 Å². The Morgan fingerprint density at radius 2 is 1.67 bits per heavy atom. The van der Waals surface area contributed by atoms with Crippen LogP contribution in [0.2, 0.25) is 0 Å². The molecule has 0 radical (unpaired) electrons. The van der Waals surface area contributed by atoms with Gasteiger partial charge in [-0.05, 0) is 36.4 Å². The number of para-hydroxylation sites is 1. The van der Waals surface area contributed by atoms with Crippen molar-refractivity contribution in [1.29, 1.82) is 0 Å². The average molecular weight is 349 g/mol. The fourth-order valence-corrected chi connectivity index (χ4v) is 3.85. The van der Waals surface area contributed by atoms with Gasteiger partial charge in [-0.2, -0.15) is 0 Å². The molecule has 0 unspecified atom stereocenters.